The van der Waals surface area contributed by atoms with E-state index in [9.17, 15) is 14.2 Å². The predicted molar refractivity (Wildman–Crippen MR) is 123 cm³/mol. The highest BCUT2D eigenvalue weighted by atomic mass is 31.1. The summed E-state index contributed by atoms with van der Waals surface area (Å²) in [5.41, 5.74) is 0.351. The molecule has 0 bridgehead atoms. The van der Waals surface area contributed by atoms with Crippen LogP contribution in [0.5, 0.6) is 11.5 Å². The summed E-state index contributed by atoms with van der Waals surface area (Å²) in [5, 5.41) is -1.43. The van der Waals surface area contributed by atoms with Crippen molar-refractivity contribution in [3.63, 3.8) is 0 Å². The normalized spacial score (nSPS) is 14.5. The molecule has 0 amide bonds. The second kappa shape index (κ2) is 12.2. The highest BCUT2D eigenvalue weighted by Gasteiger charge is 2.44. The van der Waals surface area contributed by atoms with Gasteiger partial charge in [0.2, 0.25) is 0 Å². The van der Waals surface area contributed by atoms with E-state index in [0.29, 0.717) is 24.3 Å². The first-order valence-corrected chi connectivity index (χ1v) is 11.6. The number of carbonyl (C=O) groups is 2. The number of ether oxygens (including phenoxy) is 3. The van der Waals surface area contributed by atoms with Crippen molar-refractivity contribution in [2.24, 2.45) is 11.3 Å². The van der Waals surface area contributed by atoms with E-state index in [4.69, 9.17) is 14.2 Å². The number of unbranched alkanes of at least 4 members (excludes halogenated alkanes) is 1. The van der Waals surface area contributed by atoms with Crippen molar-refractivity contribution in [1.29, 1.82) is 0 Å². The smallest absolute Gasteiger partial charge is 0.324 e. The molecule has 31 heavy (non-hydrogen) atoms. The van der Waals surface area contributed by atoms with Gasteiger partial charge in [-0.15, -0.1) is 0 Å². The monoisotopic (exact) mass is 452 g/mol. The van der Waals surface area contributed by atoms with Gasteiger partial charge in [-0.25, -0.2) is 0 Å². The van der Waals surface area contributed by atoms with Gasteiger partial charge in [0.25, 0.3) is 0 Å². The first-order chi connectivity index (χ1) is 14.5. The number of esters is 1. The molecular weight excluding hydrogens is 415 g/mol. The topological polar surface area (TPSA) is 78.9 Å². The van der Waals surface area contributed by atoms with E-state index in [1.165, 1.54) is 14.2 Å². The molecule has 6 nitrogen and oxygen atoms in total. The average Bonchev–Trinajstić information content (AvgIpc) is 2.72. The Morgan fingerprint density at radius 2 is 1.68 bits per heavy atom. The van der Waals surface area contributed by atoms with Crippen molar-refractivity contribution in [3.8, 4) is 11.5 Å². The van der Waals surface area contributed by atoms with Crippen LogP contribution in [-0.2, 0) is 14.1 Å². The Kier molecular flexibility index (Phi) is 10.7. The molecule has 1 aromatic carbocycles. The molecule has 0 saturated carbocycles. The Labute approximate surface area is 188 Å². The molecule has 0 aliphatic rings. The van der Waals surface area contributed by atoms with E-state index in [0.717, 1.165) is 12.8 Å². The fraction of sp³-hybridized carbons (Fsp3) is 0.667. The van der Waals surface area contributed by atoms with E-state index in [1.54, 1.807) is 18.2 Å². The van der Waals surface area contributed by atoms with Crippen LogP contribution < -0.4 is 9.47 Å². The number of methoxy groups -OCH3 is 2. The molecule has 2 unspecified atom stereocenters. The largest absolute Gasteiger partial charge is 0.496 e. The SMILES string of the molecule is CCCCC(CC(=O)c1c(OC)cccc1OC)(P=O)C(=O)OCC(C)CC(C)(C)C. The number of rotatable bonds is 13. The summed E-state index contributed by atoms with van der Waals surface area (Å²) >= 11 is 0. The molecule has 0 aliphatic heterocycles. The fourth-order valence-corrected chi connectivity index (χ4v) is 4.38. The minimum Gasteiger partial charge on any atom is -0.496 e. The zero-order chi connectivity index (χ0) is 23.7. The molecule has 1 aromatic rings. The van der Waals surface area contributed by atoms with E-state index >= 15 is 0 Å². The van der Waals surface area contributed by atoms with Gasteiger partial charge in [-0.2, -0.15) is 0 Å². The van der Waals surface area contributed by atoms with Gasteiger partial charge in [0.15, 0.2) is 19.4 Å². The summed E-state index contributed by atoms with van der Waals surface area (Å²) in [7, 11) is 2.51. The van der Waals surface area contributed by atoms with E-state index in [-0.39, 0.29) is 35.7 Å². The zero-order valence-electron chi connectivity index (χ0n) is 19.9. The van der Waals surface area contributed by atoms with Gasteiger partial charge in [-0.05, 0) is 36.3 Å². The fourth-order valence-electron chi connectivity index (χ4n) is 3.78. The molecule has 0 fully saturated rings. The molecule has 0 spiro atoms. The first-order valence-electron chi connectivity index (χ1n) is 10.8. The number of ketones is 1. The molecule has 0 heterocycles. The van der Waals surface area contributed by atoms with Crippen molar-refractivity contribution in [1.82, 2.24) is 0 Å². The standard InChI is InChI=1S/C24H37O6P/c1-8-9-13-24(31-27,22(26)30-16-17(2)14-23(3,4)5)15-18(25)21-19(28-6)11-10-12-20(21)29-7/h10-12,17H,8-9,13-16H2,1-7H3. The highest BCUT2D eigenvalue weighted by Crippen LogP contribution is 2.39. The van der Waals surface area contributed by atoms with Crippen LogP contribution in [0.3, 0.4) is 0 Å². The van der Waals surface area contributed by atoms with Crippen LogP contribution in [0, 0.1) is 11.3 Å². The third kappa shape index (κ3) is 7.92. The Bertz CT molecular complexity index is 733. The lowest BCUT2D eigenvalue weighted by Crippen LogP contribution is -2.38. The summed E-state index contributed by atoms with van der Waals surface area (Å²) in [4.78, 5) is 26.4. The van der Waals surface area contributed by atoms with Gasteiger partial charge in [-0.3, -0.25) is 14.2 Å². The number of hydrogen-bond donors (Lipinski definition) is 0. The molecule has 0 aromatic heterocycles. The maximum Gasteiger partial charge on any atom is 0.324 e. The number of benzene rings is 1. The molecule has 1 rings (SSSR count). The van der Waals surface area contributed by atoms with E-state index in [1.807, 2.05) is 13.8 Å². The van der Waals surface area contributed by atoms with Crippen LogP contribution in [0.4, 0.5) is 0 Å². The van der Waals surface area contributed by atoms with Crippen molar-refractivity contribution < 1.29 is 28.4 Å². The Balaban J connectivity index is 3.14. The summed E-state index contributed by atoms with van der Waals surface area (Å²) in [6.07, 6.45) is 2.38. The number of hydrogen-bond acceptors (Lipinski definition) is 6. The van der Waals surface area contributed by atoms with Gasteiger partial charge in [0.1, 0.15) is 17.1 Å². The van der Waals surface area contributed by atoms with Crippen LogP contribution in [0.25, 0.3) is 0 Å². The van der Waals surface area contributed by atoms with Gasteiger partial charge < -0.3 is 14.2 Å². The maximum absolute atomic E-state index is 13.3. The maximum atomic E-state index is 13.3. The lowest BCUT2D eigenvalue weighted by atomic mass is 9.86. The molecule has 174 valence electrons. The summed E-state index contributed by atoms with van der Waals surface area (Å²) in [5.74, 6) is -0.109. The third-order valence-corrected chi connectivity index (χ3v) is 6.03. The van der Waals surface area contributed by atoms with E-state index in [2.05, 4.69) is 20.8 Å². The Morgan fingerprint density at radius 1 is 1.10 bits per heavy atom. The molecular formula is C24H37O6P. The van der Waals surface area contributed by atoms with Crippen LogP contribution >= 0.6 is 8.46 Å². The minimum atomic E-state index is -1.43. The first kappa shape index (κ1) is 27.1. The summed E-state index contributed by atoms with van der Waals surface area (Å²) in [6, 6.07) is 5.03. The van der Waals surface area contributed by atoms with Crippen LogP contribution in [0.2, 0.25) is 0 Å². The van der Waals surface area contributed by atoms with Crippen molar-refractivity contribution in [2.45, 2.75) is 71.9 Å². The molecule has 0 saturated heterocycles. The quantitative estimate of drug-likeness (QED) is 0.204. The predicted octanol–water partition coefficient (Wildman–Crippen LogP) is 6.11. The van der Waals surface area contributed by atoms with Crippen LogP contribution in [0.15, 0.2) is 18.2 Å². The van der Waals surface area contributed by atoms with Gasteiger partial charge >= 0.3 is 5.97 Å². The molecule has 7 heteroatoms. The summed E-state index contributed by atoms with van der Waals surface area (Å²) in [6.45, 7) is 10.6. The van der Waals surface area contributed by atoms with Gasteiger partial charge in [-0.1, -0.05) is 53.5 Å². The minimum absolute atomic E-state index is 0.109. The van der Waals surface area contributed by atoms with Crippen LogP contribution in [0.1, 0.15) is 77.1 Å². The van der Waals surface area contributed by atoms with Gasteiger partial charge in [0.05, 0.1) is 20.8 Å². The lowest BCUT2D eigenvalue weighted by Gasteiger charge is -2.27. The molecule has 0 radical (unpaired) electrons. The molecule has 0 aliphatic carbocycles. The van der Waals surface area contributed by atoms with Crippen molar-refractivity contribution >= 4 is 20.2 Å². The van der Waals surface area contributed by atoms with E-state index < -0.39 is 19.6 Å². The number of carbonyl (C=O) groups excluding carboxylic acids is 2. The number of Topliss-reactive ketones (excluding diaryl/α,β-unsaturated/α-hetero) is 1. The zero-order valence-corrected chi connectivity index (χ0v) is 20.8. The Hall–Kier alpha value is -1.94. The highest BCUT2D eigenvalue weighted by molar-refractivity contribution is 7.28. The van der Waals surface area contributed by atoms with Crippen molar-refractivity contribution in [3.05, 3.63) is 23.8 Å². The molecule has 2 atom stereocenters. The second-order valence-corrected chi connectivity index (χ2v) is 10.4. The summed E-state index contributed by atoms with van der Waals surface area (Å²) < 4.78 is 28.6. The average molecular weight is 453 g/mol. The van der Waals surface area contributed by atoms with Crippen LogP contribution in [-0.4, -0.2) is 37.7 Å². The Morgan fingerprint density at radius 3 is 2.13 bits per heavy atom. The van der Waals surface area contributed by atoms with Gasteiger partial charge in [0, 0.05) is 6.42 Å². The van der Waals surface area contributed by atoms with Crippen molar-refractivity contribution in [2.75, 3.05) is 20.8 Å². The molecule has 0 N–H and O–H groups in total. The third-order valence-electron chi connectivity index (χ3n) is 5.12. The second-order valence-electron chi connectivity index (χ2n) is 9.33. The lowest BCUT2D eigenvalue weighted by molar-refractivity contribution is -0.148.